The molecular formula is C15H24N2O2. The molecule has 0 aromatic rings. The molecule has 0 aromatic heterocycles. The predicted molar refractivity (Wildman–Crippen MR) is 72.2 cm³/mol. The van der Waals surface area contributed by atoms with Crippen LogP contribution >= 0.6 is 0 Å². The predicted octanol–water partition coefficient (Wildman–Crippen LogP) is 1.82. The summed E-state index contributed by atoms with van der Waals surface area (Å²) in [6.07, 6.45) is 10.2. The van der Waals surface area contributed by atoms with E-state index in [9.17, 15) is 9.59 Å². The molecule has 0 aromatic carbocycles. The summed E-state index contributed by atoms with van der Waals surface area (Å²) in [5, 5.41) is 0. The van der Waals surface area contributed by atoms with Crippen molar-refractivity contribution in [3.05, 3.63) is 0 Å². The summed E-state index contributed by atoms with van der Waals surface area (Å²) in [7, 11) is 0. The number of rotatable bonds is 2. The van der Waals surface area contributed by atoms with Crippen LogP contribution in [0.15, 0.2) is 0 Å². The molecule has 0 radical (unpaired) electrons. The maximum atomic E-state index is 12.5. The lowest BCUT2D eigenvalue weighted by atomic mass is 9.80. The molecule has 1 spiro atoms. The van der Waals surface area contributed by atoms with Crippen LogP contribution in [0, 0.1) is 10.8 Å². The summed E-state index contributed by atoms with van der Waals surface area (Å²) < 4.78 is 0. The van der Waals surface area contributed by atoms with Gasteiger partial charge in [0.25, 0.3) is 0 Å². The van der Waals surface area contributed by atoms with Crippen molar-refractivity contribution in [1.29, 1.82) is 0 Å². The van der Waals surface area contributed by atoms with E-state index in [1.54, 1.807) is 0 Å². The third-order valence-corrected chi connectivity index (χ3v) is 5.52. The summed E-state index contributed by atoms with van der Waals surface area (Å²) in [5.41, 5.74) is 4.93. The maximum Gasteiger partial charge on any atom is 0.238 e. The van der Waals surface area contributed by atoms with E-state index in [2.05, 4.69) is 0 Å². The van der Waals surface area contributed by atoms with Crippen LogP contribution in [0.4, 0.5) is 0 Å². The normalized spacial score (nSPS) is 28.1. The molecule has 3 rings (SSSR count). The van der Waals surface area contributed by atoms with Gasteiger partial charge in [-0.05, 0) is 37.5 Å². The molecule has 3 fully saturated rings. The van der Waals surface area contributed by atoms with Gasteiger partial charge in [0, 0.05) is 13.1 Å². The highest BCUT2D eigenvalue weighted by molar-refractivity contribution is 6.07. The smallest absolute Gasteiger partial charge is 0.238 e. The maximum absolute atomic E-state index is 12.5. The number of primary amides is 1. The number of carbonyl (C=O) groups is 2. The Bertz CT molecular complexity index is 393. The minimum atomic E-state index is -0.823. The second-order valence-corrected chi connectivity index (χ2v) is 6.84. The first-order chi connectivity index (χ1) is 9.08. The van der Waals surface area contributed by atoms with Crippen molar-refractivity contribution in [3.63, 3.8) is 0 Å². The summed E-state index contributed by atoms with van der Waals surface area (Å²) >= 11 is 0. The van der Waals surface area contributed by atoms with E-state index in [1.165, 1.54) is 38.5 Å². The molecule has 1 saturated heterocycles. The first-order valence-electron chi connectivity index (χ1n) is 7.67. The molecule has 4 nitrogen and oxygen atoms in total. The molecule has 2 saturated carbocycles. The lowest BCUT2D eigenvalue weighted by Crippen LogP contribution is -2.43. The van der Waals surface area contributed by atoms with Gasteiger partial charge in [-0.2, -0.15) is 0 Å². The quantitative estimate of drug-likeness (QED) is 0.773. The number of likely N-dealkylation sites (tertiary alicyclic amines) is 1. The summed E-state index contributed by atoms with van der Waals surface area (Å²) in [6.45, 7) is 1.69. The summed E-state index contributed by atoms with van der Waals surface area (Å²) in [5.74, 6) is -0.402. The number of hydrogen-bond acceptors (Lipinski definition) is 2. The fourth-order valence-corrected chi connectivity index (χ4v) is 3.99. The van der Waals surface area contributed by atoms with Crippen molar-refractivity contribution in [2.24, 2.45) is 16.6 Å². The minimum Gasteiger partial charge on any atom is -0.369 e. The molecule has 2 N–H and O–H groups in total. The monoisotopic (exact) mass is 264 g/mol. The Morgan fingerprint density at radius 1 is 0.895 bits per heavy atom. The molecule has 2 amide bonds. The van der Waals surface area contributed by atoms with Crippen LogP contribution in [0.25, 0.3) is 0 Å². The highest BCUT2D eigenvalue weighted by atomic mass is 16.2. The zero-order chi connectivity index (χ0) is 13.5. The molecule has 3 aliphatic rings. The van der Waals surface area contributed by atoms with E-state index in [0.717, 1.165) is 19.5 Å². The standard InChI is InChI=1S/C15H24N2O2/c16-12(18)15(7-8-15)13(19)17-10-9-14(11-17)5-3-1-2-4-6-14/h1-11H2,(H2,16,18). The first-order valence-corrected chi connectivity index (χ1v) is 7.67. The van der Waals surface area contributed by atoms with Crippen molar-refractivity contribution < 1.29 is 9.59 Å². The Morgan fingerprint density at radius 3 is 2.05 bits per heavy atom. The highest BCUT2D eigenvalue weighted by Gasteiger charge is 2.58. The van der Waals surface area contributed by atoms with Gasteiger partial charge in [0.15, 0.2) is 0 Å². The molecule has 0 bridgehead atoms. The average Bonchev–Trinajstić information content (AvgIpc) is 3.12. The van der Waals surface area contributed by atoms with Crippen LogP contribution in [-0.2, 0) is 9.59 Å². The van der Waals surface area contributed by atoms with Crippen LogP contribution in [-0.4, -0.2) is 29.8 Å². The average molecular weight is 264 g/mol. The summed E-state index contributed by atoms with van der Waals surface area (Å²) in [6, 6.07) is 0. The molecule has 19 heavy (non-hydrogen) atoms. The van der Waals surface area contributed by atoms with E-state index in [4.69, 9.17) is 5.73 Å². The van der Waals surface area contributed by atoms with E-state index in [0.29, 0.717) is 18.3 Å². The SMILES string of the molecule is NC(=O)C1(C(=O)N2CCC3(CCCCCC3)C2)CC1. The van der Waals surface area contributed by atoms with Gasteiger partial charge in [0.2, 0.25) is 11.8 Å². The van der Waals surface area contributed by atoms with Gasteiger partial charge in [-0.1, -0.05) is 25.7 Å². The molecule has 106 valence electrons. The van der Waals surface area contributed by atoms with Crippen molar-refractivity contribution >= 4 is 11.8 Å². The Hall–Kier alpha value is -1.06. The highest BCUT2D eigenvalue weighted by Crippen LogP contribution is 2.50. The van der Waals surface area contributed by atoms with Crippen molar-refractivity contribution in [3.8, 4) is 0 Å². The topological polar surface area (TPSA) is 63.4 Å². The third-order valence-electron chi connectivity index (χ3n) is 5.52. The van der Waals surface area contributed by atoms with Crippen LogP contribution < -0.4 is 5.73 Å². The van der Waals surface area contributed by atoms with Gasteiger partial charge in [-0.15, -0.1) is 0 Å². The molecule has 1 heterocycles. The van der Waals surface area contributed by atoms with Crippen LogP contribution in [0.2, 0.25) is 0 Å². The number of nitrogens with two attached hydrogens (primary N) is 1. The molecule has 1 aliphatic heterocycles. The van der Waals surface area contributed by atoms with Crippen LogP contribution in [0.5, 0.6) is 0 Å². The fraction of sp³-hybridized carbons (Fsp3) is 0.867. The van der Waals surface area contributed by atoms with Gasteiger partial charge in [0.05, 0.1) is 0 Å². The Morgan fingerprint density at radius 2 is 1.53 bits per heavy atom. The molecular weight excluding hydrogens is 240 g/mol. The number of amides is 2. The van der Waals surface area contributed by atoms with Gasteiger partial charge in [-0.25, -0.2) is 0 Å². The van der Waals surface area contributed by atoms with Crippen LogP contribution in [0.1, 0.15) is 57.8 Å². The molecule has 2 aliphatic carbocycles. The molecule has 0 unspecified atom stereocenters. The Kier molecular flexibility index (Phi) is 3.06. The molecule has 4 heteroatoms. The third kappa shape index (κ3) is 2.15. The van der Waals surface area contributed by atoms with E-state index in [-0.39, 0.29) is 5.91 Å². The van der Waals surface area contributed by atoms with Crippen molar-refractivity contribution in [2.75, 3.05) is 13.1 Å². The van der Waals surface area contributed by atoms with Crippen molar-refractivity contribution in [2.45, 2.75) is 57.8 Å². The zero-order valence-corrected chi connectivity index (χ0v) is 11.6. The summed E-state index contributed by atoms with van der Waals surface area (Å²) in [4.78, 5) is 25.9. The van der Waals surface area contributed by atoms with E-state index >= 15 is 0 Å². The second-order valence-electron chi connectivity index (χ2n) is 6.84. The van der Waals surface area contributed by atoms with Crippen LogP contribution in [0.3, 0.4) is 0 Å². The number of carbonyl (C=O) groups excluding carboxylic acids is 2. The van der Waals surface area contributed by atoms with Gasteiger partial charge in [-0.3, -0.25) is 9.59 Å². The fourth-order valence-electron chi connectivity index (χ4n) is 3.99. The largest absolute Gasteiger partial charge is 0.369 e. The van der Waals surface area contributed by atoms with Gasteiger partial charge < -0.3 is 10.6 Å². The lowest BCUT2D eigenvalue weighted by Gasteiger charge is -2.28. The lowest BCUT2D eigenvalue weighted by molar-refractivity contribution is -0.142. The van der Waals surface area contributed by atoms with E-state index < -0.39 is 11.3 Å². The number of hydrogen-bond donors (Lipinski definition) is 1. The van der Waals surface area contributed by atoms with E-state index in [1.807, 2.05) is 4.90 Å². The van der Waals surface area contributed by atoms with Crippen molar-refractivity contribution in [1.82, 2.24) is 4.90 Å². The van der Waals surface area contributed by atoms with Gasteiger partial charge in [0.1, 0.15) is 5.41 Å². The zero-order valence-electron chi connectivity index (χ0n) is 11.6. The Balaban J connectivity index is 1.68. The molecule has 0 atom stereocenters. The number of nitrogens with zero attached hydrogens (tertiary/aromatic N) is 1. The second kappa shape index (κ2) is 4.50. The Labute approximate surface area is 114 Å². The minimum absolute atomic E-state index is 0.0149. The van der Waals surface area contributed by atoms with Gasteiger partial charge >= 0.3 is 0 Å². The first kappa shape index (κ1) is 12.9.